The Bertz CT molecular complexity index is 334. The number of hydrogen-bond acceptors (Lipinski definition) is 2. The van der Waals surface area contributed by atoms with Crippen LogP contribution in [-0.4, -0.2) is 24.2 Å². The Morgan fingerprint density at radius 1 is 1.29 bits per heavy atom. The molecule has 0 aliphatic heterocycles. The monoisotopic (exact) mass is 249 g/mol. The molecule has 0 saturated heterocycles. The van der Waals surface area contributed by atoms with E-state index in [9.17, 15) is 4.79 Å². The predicted octanol–water partition coefficient (Wildman–Crippen LogP) is 3.77. The molecule has 0 aliphatic carbocycles. The van der Waals surface area contributed by atoms with Crippen LogP contribution in [0.25, 0.3) is 0 Å². The minimum Gasteiger partial charge on any atom is -0.339 e. The van der Waals surface area contributed by atoms with Crippen LogP contribution < -0.4 is 0 Å². The van der Waals surface area contributed by atoms with Crippen molar-refractivity contribution in [2.24, 2.45) is 0 Å². The third-order valence-corrected chi connectivity index (χ3v) is 3.51. The summed E-state index contributed by atoms with van der Waals surface area (Å²) in [6, 6.07) is 5.16. The Kier molecular flexibility index (Phi) is 4.11. The maximum atomic E-state index is 11.4. The smallest absolute Gasteiger partial charge is 0.286 e. The standard InChI is InChI=1S/C9H9Cl2NOS/c1-12(2)9(13)14-8-6(10)4-3-5-7(8)11/h3-5H,1-2H3. The highest BCUT2D eigenvalue weighted by atomic mass is 35.5. The number of carbonyl (C=O) groups excluding carboxylic acids is 1. The second kappa shape index (κ2) is 4.91. The van der Waals surface area contributed by atoms with Gasteiger partial charge in [-0.2, -0.15) is 0 Å². The average Bonchev–Trinajstić information content (AvgIpc) is 2.11. The number of benzene rings is 1. The highest BCUT2D eigenvalue weighted by Gasteiger charge is 2.12. The number of nitrogens with zero attached hydrogens (tertiary/aromatic N) is 1. The van der Waals surface area contributed by atoms with Gasteiger partial charge in [-0.25, -0.2) is 0 Å². The molecule has 0 spiro atoms. The van der Waals surface area contributed by atoms with E-state index in [0.717, 1.165) is 11.8 Å². The van der Waals surface area contributed by atoms with Crippen molar-refractivity contribution >= 4 is 40.2 Å². The molecule has 1 amide bonds. The first-order valence-corrected chi connectivity index (χ1v) is 5.42. The zero-order valence-electron chi connectivity index (χ0n) is 7.75. The first-order chi connectivity index (χ1) is 6.52. The summed E-state index contributed by atoms with van der Waals surface area (Å²) < 4.78 is 0. The largest absolute Gasteiger partial charge is 0.339 e. The first-order valence-electron chi connectivity index (χ1n) is 3.85. The van der Waals surface area contributed by atoms with Gasteiger partial charge in [0, 0.05) is 14.1 Å². The molecule has 1 aromatic carbocycles. The van der Waals surface area contributed by atoms with Crippen molar-refractivity contribution in [1.29, 1.82) is 0 Å². The van der Waals surface area contributed by atoms with Gasteiger partial charge in [0.05, 0.1) is 14.9 Å². The molecule has 2 nitrogen and oxygen atoms in total. The van der Waals surface area contributed by atoms with Crippen molar-refractivity contribution < 1.29 is 4.79 Å². The quantitative estimate of drug-likeness (QED) is 0.707. The lowest BCUT2D eigenvalue weighted by Crippen LogP contribution is -2.16. The van der Waals surface area contributed by atoms with Crippen LogP contribution in [-0.2, 0) is 0 Å². The molecule has 14 heavy (non-hydrogen) atoms. The molecule has 0 atom stereocenters. The summed E-state index contributed by atoms with van der Waals surface area (Å²) in [7, 11) is 3.36. The molecule has 1 rings (SSSR count). The maximum absolute atomic E-state index is 11.4. The highest BCUT2D eigenvalue weighted by molar-refractivity contribution is 8.13. The lowest BCUT2D eigenvalue weighted by molar-refractivity contribution is 0.241. The SMILES string of the molecule is CN(C)C(=O)Sc1c(Cl)cccc1Cl. The zero-order valence-corrected chi connectivity index (χ0v) is 10.1. The molecule has 0 fully saturated rings. The molecule has 0 heterocycles. The van der Waals surface area contributed by atoms with Gasteiger partial charge in [-0.05, 0) is 23.9 Å². The van der Waals surface area contributed by atoms with Crippen LogP contribution in [0.1, 0.15) is 0 Å². The summed E-state index contributed by atoms with van der Waals surface area (Å²) >= 11 is 12.8. The maximum Gasteiger partial charge on any atom is 0.286 e. The first kappa shape index (κ1) is 11.7. The Labute approximate surface area is 97.2 Å². The molecule has 0 N–H and O–H groups in total. The predicted molar refractivity (Wildman–Crippen MR) is 61.4 cm³/mol. The van der Waals surface area contributed by atoms with Crippen molar-refractivity contribution in [1.82, 2.24) is 4.90 Å². The van der Waals surface area contributed by atoms with E-state index in [2.05, 4.69) is 0 Å². The lowest BCUT2D eigenvalue weighted by Gasteiger charge is -2.10. The van der Waals surface area contributed by atoms with E-state index < -0.39 is 0 Å². The Balaban J connectivity index is 2.91. The van der Waals surface area contributed by atoms with Gasteiger partial charge in [0.1, 0.15) is 0 Å². The summed E-state index contributed by atoms with van der Waals surface area (Å²) in [6.45, 7) is 0. The molecule has 1 aromatic rings. The Morgan fingerprint density at radius 3 is 2.21 bits per heavy atom. The van der Waals surface area contributed by atoms with E-state index in [0.29, 0.717) is 14.9 Å². The number of thioether (sulfide) groups is 1. The molecule has 5 heteroatoms. The van der Waals surface area contributed by atoms with Crippen molar-refractivity contribution in [2.75, 3.05) is 14.1 Å². The second-order valence-corrected chi connectivity index (χ2v) is 4.59. The van der Waals surface area contributed by atoms with Crippen molar-refractivity contribution in [3.05, 3.63) is 28.2 Å². The number of carbonyl (C=O) groups is 1. The van der Waals surface area contributed by atoms with Crippen LogP contribution in [0.2, 0.25) is 10.0 Å². The summed E-state index contributed by atoms with van der Waals surface area (Å²) in [5.41, 5.74) is 0. The van der Waals surface area contributed by atoms with Crippen LogP contribution in [0.5, 0.6) is 0 Å². The van der Waals surface area contributed by atoms with Gasteiger partial charge >= 0.3 is 0 Å². The van der Waals surface area contributed by atoms with E-state index >= 15 is 0 Å². The third-order valence-electron chi connectivity index (χ3n) is 1.47. The second-order valence-electron chi connectivity index (χ2n) is 2.81. The summed E-state index contributed by atoms with van der Waals surface area (Å²) in [4.78, 5) is 13.5. The summed E-state index contributed by atoms with van der Waals surface area (Å²) in [5, 5.41) is 0.899. The van der Waals surface area contributed by atoms with E-state index in [1.54, 1.807) is 32.3 Å². The fourth-order valence-electron chi connectivity index (χ4n) is 0.759. The van der Waals surface area contributed by atoms with Crippen molar-refractivity contribution in [3.8, 4) is 0 Å². The zero-order chi connectivity index (χ0) is 10.7. The van der Waals surface area contributed by atoms with Crippen LogP contribution in [0.4, 0.5) is 4.79 Å². The lowest BCUT2D eigenvalue weighted by atomic mass is 10.4. The van der Waals surface area contributed by atoms with Gasteiger partial charge in [0.15, 0.2) is 0 Å². The number of amides is 1. The molecule has 0 unspecified atom stereocenters. The Morgan fingerprint density at radius 2 is 1.79 bits per heavy atom. The normalized spacial score (nSPS) is 10.0. The fraction of sp³-hybridized carbons (Fsp3) is 0.222. The summed E-state index contributed by atoms with van der Waals surface area (Å²) in [5.74, 6) is 0. The number of halogens is 2. The third kappa shape index (κ3) is 2.80. The van der Waals surface area contributed by atoms with E-state index in [-0.39, 0.29) is 5.24 Å². The number of rotatable bonds is 1. The molecular weight excluding hydrogens is 241 g/mol. The average molecular weight is 250 g/mol. The fourth-order valence-corrected chi connectivity index (χ4v) is 2.08. The molecule has 0 saturated carbocycles. The van der Waals surface area contributed by atoms with Gasteiger partial charge in [-0.3, -0.25) is 4.79 Å². The van der Waals surface area contributed by atoms with E-state index in [1.807, 2.05) is 0 Å². The molecule has 76 valence electrons. The van der Waals surface area contributed by atoms with Crippen LogP contribution in [0.15, 0.2) is 23.1 Å². The van der Waals surface area contributed by atoms with Gasteiger partial charge in [0.25, 0.3) is 5.24 Å². The number of hydrogen-bond donors (Lipinski definition) is 0. The highest BCUT2D eigenvalue weighted by Crippen LogP contribution is 2.34. The van der Waals surface area contributed by atoms with Crippen LogP contribution >= 0.6 is 35.0 Å². The summed E-state index contributed by atoms with van der Waals surface area (Å²) in [6.07, 6.45) is 0. The molecule has 0 aromatic heterocycles. The molecule has 0 radical (unpaired) electrons. The van der Waals surface area contributed by atoms with E-state index in [1.165, 1.54) is 4.90 Å². The van der Waals surface area contributed by atoms with E-state index in [4.69, 9.17) is 23.2 Å². The van der Waals surface area contributed by atoms with Gasteiger partial charge in [-0.15, -0.1) is 0 Å². The topological polar surface area (TPSA) is 20.3 Å². The minimum atomic E-state index is -0.0972. The van der Waals surface area contributed by atoms with Gasteiger partial charge < -0.3 is 4.90 Å². The Hall–Kier alpha value is -0.380. The molecular formula is C9H9Cl2NOS. The van der Waals surface area contributed by atoms with Crippen LogP contribution in [0.3, 0.4) is 0 Å². The molecule has 0 aliphatic rings. The van der Waals surface area contributed by atoms with Crippen molar-refractivity contribution in [2.45, 2.75) is 4.90 Å². The van der Waals surface area contributed by atoms with Gasteiger partial charge in [0.2, 0.25) is 0 Å². The van der Waals surface area contributed by atoms with Crippen molar-refractivity contribution in [3.63, 3.8) is 0 Å². The van der Waals surface area contributed by atoms with Crippen LogP contribution in [0, 0.1) is 0 Å². The van der Waals surface area contributed by atoms with Gasteiger partial charge in [-0.1, -0.05) is 29.3 Å². The minimum absolute atomic E-state index is 0.0972. The molecule has 0 bridgehead atoms.